The van der Waals surface area contributed by atoms with Crippen LogP contribution >= 0.6 is 0 Å². The van der Waals surface area contributed by atoms with E-state index < -0.39 is 0 Å². The zero-order valence-electron chi connectivity index (χ0n) is 10.5. The van der Waals surface area contributed by atoms with Crippen LogP contribution in [0.4, 0.5) is 0 Å². The molecule has 0 spiro atoms. The third-order valence-electron chi connectivity index (χ3n) is 4.32. The smallest absolute Gasteiger partial charge is 0.236 e. The topological polar surface area (TPSA) is 41.1 Å². The number of fused-ring (bicyclic) bond motifs is 2. The largest absolute Gasteiger partial charge is 0.355 e. The molecule has 2 N–H and O–H groups in total. The fourth-order valence-corrected chi connectivity index (χ4v) is 3.37. The molecule has 2 fully saturated rings. The maximum absolute atomic E-state index is 11.5. The van der Waals surface area contributed by atoms with Gasteiger partial charge in [0.05, 0.1) is 6.04 Å². The Bertz CT molecular complexity index is 254. The summed E-state index contributed by atoms with van der Waals surface area (Å²) in [4.78, 5) is 11.5. The van der Waals surface area contributed by atoms with Gasteiger partial charge in [0.2, 0.25) is 5.91 Å². The summed E-state index contributed by atoms with van der Waals surface area (Å²) >= 11 is 0. The molecule has 0 aromatic carbocycles. The summed E-state index contributed by atoms with van der Waals surface area (Å²) in [5, 5.41) is 6.24. The van der Waals surface area contributed by atoms with Crippen molar-refractivity contribution < 1.29 is 4.79 Å². The first-order valence-electron chi connectivity index (χ1n) is 6.71. The molecule has 2 rings (SSSR count). The van der Waals surface area contributed by atoms with E-state index in [1.807, 2.05) is 13.8 Å². The number of nitrogens with one attached hydrogen (secondary N) is 2. The Balaban J connectivity index is 1.69. The first-order valence-corrected chi connectivity index (χ1v) is 6.71. The highest BCUT2D eigenvalue weighted by atomic mass is 16.2. The van der Waals surface area contributed by atoms with Gasteiger partial charge in [0, 0.05) is 6.54 Å². The van der Waals surface area contributed by atoms with Crippen LogP contribution in [0.5, 0.6) is 0 Å². The van der Waals surface area contributed by atoms with Crippen LogP contribution in [0.2, 0.25) is 0 Å². The van der Waals surface area contributed by atoms with Gasteiger partial charge in [0.15, 0.2) is 0 Å². The predicted octanol–water partition coefficient (Wildman–Crippen LogP) is 1.54. The standard InChI is InChI=1S/C13H24N2O/c1-3-14-13(16)9(2)15-8-12-7-10-4-5-11(12)6-10/h9-12,15H,3-8H2,1-2H3,(H,14,16). The van der Waals surface area contributed by atoms with Gasteiger partial charge in [-0.1, -0.05) is 6.42 Å². The summed E-state index contributed by atoms with van der Waals surface area (Å²) in [7, 11) is 0. The van der Waals surface area contributed by atoms with E-state index in [1.54, 1.807) is 0 Å². The van der Waals surface area contributed by atoms with E-state index in [0.717, 1.165) is 30.8 Å². The molecule has 4 atom stereocenters. The Labute approximate surface area is 98.4 Å². The van der Waals surface area contributed by atoms with Gasteiger partial charge >= 0.3 is 0 Å². The molecule has 3 nitrogen and oxygen atoms in total. The minimum absolute atomic E-state index is 0.0425. The second-order valence-electron chi connectivity index (χ2n) is 5.46. The van der Waals surface area contributed by atoms with Crippen LogP contribution in [-0.4, -0.2) is 25.0 Å². The average Bonchev–Trinajstić information content (AvgIpc) is 2.87. The maximum Gasteiger partial charge on any atom is 0.236 e. The lowest BCUT2D eigenvalue weighted by atomic mass is 9.89. The first-order chi connectivity index (χ1) is 7.70. The van der Waals surface area contributed by atoms with E-state index in [1.165, 1.54) is 25.7 Å². The number of carbonyl (C=O) groups is 1. The van der Waals surface area contributed by atoms with E-state index in [4.69, 9.17) is 0 Å². The molecule has 0 heterocycles. The summed E-state index contributed by atoms with van der Waals surface area (Å²) < 4.78 is 0. The van der Waals surface area contributed by atoms with Crippen LogP contribution in [0.25, 0.3) is 0 Å². The molecule has 0 saturated heterocycles. The highest BCUT2D eigenvalue weighted by molar-refractivity contribution is 5.81. The molecular formula is C13H24N2O. The van der Waals surface area contributed by atoms with Gasteiger partial charge in [-0.2, -0.15) is 0 Å². The normalized spacial score (nSPS) is 34.0. The number of hydrogen-bond donors (Lipinski definition) is 2. The molecule has 2 bridgehead atoms. The van der Waals surface area contributed by atoms with Crippen molar-refractivity contribution in [2.45, 2.75) is 45.6 Å². The molecule has 16 heavy (non-hydrogen) atoms. The Morgan fingerprint density at radius 2 is 2.19 bits per heavy atom. The molecule has 3 heteroatoms. The Hall–Kier alpha value is -0.570. The zero-order chi connectivity index (χ0) is 11.5. The van der Waals surface area contributed by atoms with E-state index >= 15 is 0 Å². The van der Waals surface area contributed by atoms with Gasteiger partial charge in [-0.3, -0.25) is 4.79 Å². The minimum atomic E-state index is -0.0425. The van der Waals surface area contributed by atoms with Crippen molar-refractivity contribution in [3.63, 3.8) is 0 Å². The van der Waals surface area contributed by atoms with Crippen LogP contribution < -0.4 is 10.6 Å². The van der Waals surface area contributed by atoms with E-state index in [-0.39, 0.29) is 11.9 Å². The van der Waals surface area contributed by atoms with Crippen LogP contribution in [-0.2, 0) is 4.79 Å². The van der Waals surface area contributed by atoms with Gasteiger partial charge in [-0.25, -0.2) is 0 Å². The van der Waals surface area contributed by atoms with Gasteiger partial charge in [-0.05, 0) is 57.4 Å². The quantitative estimate of drug-likeness (QED) is 0.743. The van der Waals surface area contributed by atoms with Crippen LogP contribution in [0, 0.1) is 17.8 Å². The summed E-state index contributed by atoms with van der Waals surface area (Å²) in [6, 6.07) is -0.0425. The molecule has 1 amide bonds. The first kappa shape index (κ1) is 11.9. The zero-order valence-corrected chi connectivity index (χ0v) is 10.5. The molecule has 0 aromatic heterocycles. The highest BCUT2D eigenvalue weighted by Gasteiger charge is 2.39. The fraction of sp³-hybridized carbons (Fsp3) is 0.923. The Morgan fingerprint density at radius 1 is 1.38 bits per heavy atom. The van der Waals surface area contributed by atoms with Crippen molar-refractivity contribution >= 4 is 5.91 Å². The monoisotopic (exact) mass is 224 g/mol. The van der Waals surface area contributed by atoms with Crippen LogP contribution in [0.3, 0.4) is 0 Å². The Morgan fingerprint density at radius 3 is 2.75 bits per heavy atom. The summed E-state index contributed by atoms with van der Waals surface area (Å²) in [5.74, 6) is 2.90. The Kier molecular flexibility index (Phi) is 3.85. The summed E-state index contributed by atoms with van der Waals surface area (Å²) in [5.41, 5.74) is 0. The van der Waals surface area contributed by atoms with Gasteiger partial charge in [0.1, 0.15) is 0 Å². The average molecular weight is 224 g/mol. The van der Waals surface area contributed by atoms with Gasteiger partial charge < -0.3 is 10.6 Å². The molecule has 2 saturated carbocycles. The number of carbonyl (C=O) groups excluding carboxylic acids is 1. The second-order valence-corrected chi connectivity index (χ2v) is 5.46. The minimum Gasteiger partial charge on any atom is -0.355 e. The molecule has 0 radical (unpaired) electrons. The van der Waals surface area contributed by atoms with Crippen molar-refractivity contribution in [1.29, 1.82) is 0 Å². The molecular weight excluding hydrogens is 200 g/mol. The number of likely N-dealkylation sites (N-methyl/N-ethyl adjacent to an activating group) is 1. The van der Waals surface area contributed by atoms with Crippen molar-refractivity contribution in [2.75, 3.05) is 13.1 Å². The molecule has 0 aromatic rings. The third-order valence-corrected chi connectivity index (χ3v) is 4.32. The number of amides is 1. The van der Waals surface area contributed by atoms with Gasteiger partial charge in [-0.15, -0.1) is 0 Å². The molecule has 4 unspecified atom stereocenters. The van der Waals surface area contributed by atoms with E-state index in [0.29, 0.717) is 0 Å². The van der Waals surface area contributed by atoms with Crippen LogP contribution in [0.1, 0.15) is 39.5 Å². The van der Waals surface area contributed by atoms with Crippen LogP contribution in [0.15, 0.2) is 0 Å². The highest BCUT2D eigenvalue weighted by Crippen LogP contribution is 2.47. The fourth-order valence-electron chi connectivity index (χ4n) is 3.37. The molecule has 0 aliphatic heterocycles. The van der Waals surface area contributed by atoms with E-state index in [2.05, 4.69) is 10.6 Å². The van der Waals surface area contributed by atoms with Crippen molar-refractivity contribution in [3.8, 4) is 0 Å². The molecule has 2 aliphatic carbocycles. The van der Waals surface area contributed by atoms with Gasteiger partial charge in [0.25, 0.3) is 0 Å². The molecule has 2 aliphatic rings. The number of hydrogen-bond acceptors (Lipinski definition) is 2. The van der Waals surface area contributed by atoms with Crippen molar-refractivity contribution in [3.05, 3.63) is 0 Å². The SMILES string of the molecule is CCNC(=O)C(C)NCC1CC2CCC1C2. The predicted molar refractivity (Wildman–Crippen MR) is 65.1 cm³/mol. The second kappa shape index (κ2) is 5.17. The van der Waals surface area contributed by atoms with Crippen molar-refractivity contribution in [1.82, 2.24) is 10.6 Å². The number of rotatable bonds is 5. The lowest BCUT2D eigenvalue weighted by Crippen LogP contribution is -2.44. The van der Waals surface area contributed by atoms with Crippen molar-refractivity contribution in [2.24, 2.45) is 17.8 Å². The maximum atomic E-state index is 11.5. The lowest BCUT2D eigenvalue weighted by molar-refractivity contribution is -0.122. The third kappa shape index (κ3) is 2.57. The molecule has 92 valence electrons. The summed E-state index contributed by atoms with van der Waals surface area (Å²) in [6.07, 6.45) is 5.71. The summed E-state index contributed by atoms with van der Waals surface area (Å²) in [6.45, 7) is 5.66. The van der Waals surface area contributed by atoms with E-state index in [9.17, 15) is 4.79 Å². The lowest BCUT2D eigenvalue weighted by Gasteiger charge is -2.23.